The molecule has 3 heteroatoms. The molecular formula is C15H25BrN2. The van der Waals surface area contributed by atoms with Crippen LogP contribution in [0.1, 0.15) is 52.1 Å². The van der Waals surface area contributed by atoms with Gasteiger partial charge in [0.05, 0.1) is 5.69 Å². The Balaban J connectivity index is 2.27. The first-order valence-electron chi connectivity index (χ1n) is 6.86. The maximum atomic E-state index is 4.42. The second kappa shape index (κ2) is 7.90. The van der Waals surface area contributed by atoms with Gasteiger partial charge in [0.2, 0.25) is 0 Å². The molecule has 1 aromatic rings. The Morgan fingerprint density at radius 2 is 2.06 bits per heavy atom. The van der Waals surface area contributed by atoms with Crippen LogP contribution in [0.25, 0.3) is 0 Å². The van der Waals surface area contributed by atoms with Gasteiger partial charge in [0.25, 0.3) is 0 Å². The monoisotopic (exact) mass is 312 g/mol. The van der Waals surface area contributed by atoms with Gasteiger partial charge in [-0.1, -0.05) is 46.1 Å². The predicted molar refractivity (Wildman–Crippen MR) is 81.6 cm³/mol. The summed E-state index contributed by atoms with van der Waals surface area (Å²) in [6, 6.07) is 6.04. The normalized spacial score (nSPS) is 11.8. The van der Waals surface area contributed by atoms with E-state index in [1.54, 1.807) is 0 Å². The standard InChI is InChI=1S/C15H25BrN2/c1-4-5-6-10-15(2,3)12-17-11-13-8-7-9-14(16)18-13/h7-9,17H,4-6,10-12H2,1-3H3. The molecule has 0 aliphatic heterocycles. The molecule has 1 rings (SSSR count). The Morgan fingerprint density at radius 1 is 1.28 bits per heavy atom. The Labute approximate surface area is 120 Å². The molecule has 0 unspecified atom stereocenters. The van der Waals surface area contributed by atoms with E-state index >= 15 is 0 Å². The third-order valence-corrected chi connectivity index (χ3v) is 3.58. The zero-order valence-corrected chi connectivity index (χ0v) is 13.4. The first-order chi connectivity index (χ1) is 8.53. The minimum Gasteiger partial charge on any atom is -0.311 e. The van der Waals surface area contributed by atoms with Gasteiger partial charge in [-0.25, -0.2) is 4.98 Å². The summed E-state index contributed by atoms with van der Waals surface area (Å²) in [7, 11) is 0. The third kappa shape index (κ3) is 6.50. The smallest absolute Gasteiger partial charge is 0.106 e. The van der Waals surface area contributed by atoms with Gasteiger partial charge in [0.15, 0.2) is 0 Å². The fraction of sp³-hybridized carbons (Fsp3) is 0.667. The van der Waals surface area contributed by atoms with Crippen LogP contribution in [0.3, 0.4) is 0 Å². The van der Waals surface area contributed by atoms with Gasteiger partial charge in [-0.3, -0.25) is 0 Å². The van der Waals surface area contributed by atoms with Crippen LogP contribution in [0.15, 0.2) is 22.8 Å². The van der Waals surface area contributed by atoms with E-state index in [0.717, 1.165) is 23.4 Å². The topological polar surface area (TPSA) is 24.9 Å². The predicted octanol–water partition coefficient (Wildman–Crippen LogP) is 4.54. The van der Waals surface area contributed by atoms with Gasteiger partial charge in [0, 0.05) is 13.1 Å². The van der Waals surface area contributed by atoms with Gasteiger partial charge < -0.3 is 5.32 Å². The van der Waals surface area contributed by atoms with Crippen LogP contribution in [0.4, 0.5) is 0 Å². The van der Waals surface area contributed by atoms with Crippen molar-refractivity contribution in [2.45, 2.75) is 53.0 Å². The molecule has 0 radical (unpaired) electrons. The lowest BCUT2D eigenvalue weighted by Crippen LogP contribution is -2.29. The molecular weight excluding hydrogens is 288 g/mol. The highest BCUT2D eigenvalue weighted by atomic mass is 79.9. The van der Waals surface area contributed by atoms with Crippen molar-refractivity contribution in [2.75, 3.05) is 6.54 Å². The van der Waals surface area contributed by atoms with Crippen molar-refractivity contribution < 1.29 is 0 Å². The summed E-state index contributed by atoms with van der Waals surface area (Å²) in [6.45, 7) is 8.82. The molecule has 102 valence electrons. The quantitative estimate of drug-likeness (QED) is 0.563. The van der Waals surface area contributed by atoms with Crippen molar-refractivity contribution in [3.8, 4) is 0 Å². The molecule has 0 amide bonds. The lowest BCUT2D eigenvalue weighted by molar-refractivity contribution is 0.301. The van der Waals surface area contributed by atoms with Crippen LogP contribution in [-0.2, 0) is 6.54 Å². The Morgan fingerprint density at radius 3 is 2.72 bits per heavy atom. The van der Waals surface area contributed by atoms with Crippen molar-refractivity contribution in [2.24, 2.45) is 5.41 Å². The van der Waals surface area contributed by atoms with Crippen LogP contribution in [0, 0.1) is 5.41 Å². The van der Waals surface area contributed by atoms with E-state index in [0.29, 0.717) is 5.41 Å². The van der Waals surface area contributed by atoms with E-state index in [1.807, 2.05) is 12.1 Å². The van der Waals surface area contributed by atoms with Crippen molar-refractivity contribution in [1.29, 1.82) is 0 Å². The summed E-state index contributed by atoms with van der Waals surface area (Å²) < 4.78 is 0.906. The number of halogens is 1. The molecule has 0 fully saturated rings. The number of pyridine rings is 1. The maximum absolute atomic E-state index is 4.42. The first kappa shape index (κ1) is 15.6. The number of hydrogen-bond acceptors (Lipinski definition) is 2. The Bertz CT molecular complexity index is 350. The largest absolute Gasteiger partial charge is 0.311 e. The van der Waals surface area contributed by atoms with Gasteiger partial charge in [0.1, 0.15) is 4.60 Å². The Hall–Kier alpha value is -0.410. The second-order valence-corrected chi connectivity index (χ2v) is 6.49. The number of unbranched alkanes of at least 4 members (excludes halogenated alkanes) is 2. The van der Waals surface area contributed by atoms with Crippen LogP contribution in [0.2, 0.25) is 0 Å². The number of rotatable bonds is 8. The number of hydrogen-bond donors (Lipinski definition) is 1. The molecule has 1 N–H and O–H groups in total. The molecule has 0 aliphatic rings. The van der Waals surface area contributed by atoms with Crippen LogP contribution in [-0.4, -0.2) is 11.5 Å². The van der Waals surface area contributed by atoms with Gasteiger partial charge in [-0.15, -0.1) is 0 Å². The van der Waals surface area contributed by atoms with E-state index in [4.69, 9.17) is 0 Å². The molecule has 0 aliphatic carbocycles. The Kier molecular flexibility index (Phi) is 6.87. The zero-order chi connectivity index (χ0) is 13.4. The molecule has 0 aromatic carbocycles. The highest BCUT2D eigenvalue weighted by Gasteiger charge is 2.16. The molecule has 2 nitrogen and oxygen atoms in total. The summed E-state index contributed by atoms with van der Waals surface area (Å²) >= 11 is 3.40. The number of nitrogens with zero attached hydrogens (tertiary/aromatic N) is 1. The lowest BCUT2D eigenvalue weighted by atomic mass is 9.87. The number of aromatic nitrogens is 1. The van der Waals surface area contributed by atoms with Crippen LogP contribution in [0.5, 0.6) is 0 Å². The highest BCUT2D eigenvalue weighted by molar-refractivity contribution is 9.10. The average Bonchev–Trinajstić information content (AvgIpc) is 2.29. The number of nitrogens with one attached hydrogen (secondary N) is 1. The second-order valence-electron chi connectivity index (χ2n) is 5.68. The minimum atomic E-state index is 0.376. The zero-order valence-electron chi connectivity index (χ0n) is 11.8. The molecule has 0 saturated heterocycles. The van der Waals surface area contributed by atoms with Crippen molar-refractivity contribution in [3.63, 3.8) is 0 Å². The lowest BCUT2D eigenvalue weighted by Gasteiger charge is -2.25. The summed E-state index contributed by atoms with van der Waals surface area (Å²) in [5.41, 5.74) is 1.47. The molecule has 0 bridgehead atoms. The highest BCUT2D eigenvalue weighted by Crippen LogP contribution is 2.22. The van der Waals surface area contributed by atoms with Gasteiger partial charge >= 0.3 is 0 Å². The van der Waals surface area contributed by atoms with Crippen molar-refractivity contribution >= 4 is 15.9 Å². The molecule has 18 heavy (non-hydrogen) atoms. The third-order valence-electron chi connectivity index (χ3n) is 3.14. The van der Waals surface area contributed by atoms with E-state index < -0.39 is 0 Å². The van der Waals surface area contributed by atoms with E-state index in [2.05, 4.69) is 53.1 Å². The molecule has 0 spiro atoms. The average molecular weight is 313 g/mol. The summed E-state index contributed by atoms with van der Waals surface area (Å²) in [4.78, 5) is 4.42. The summed E-state index contributed by atoms with van der Waals surface area (Å²) in [5.74, 6) is 0. The van der Waals surface area contributed by atoms with Crippen molar-refractivity contribution in [3.05, 3.63) is 28.5 Å². The van der Waals surface area contributed by atoms with Gasteiger partial charge in [-0.2, -0.15) is 0 Å². The fourth-order valence-electron chi connectivity index (χ4n) is 2.02. The van der Waals surface area contributed by atoms with E-state index in [1.165, 1.54) is 25.7 Å². The molecule has 1 aromatic heterocycles. The summed E-state index contributed by atoms with van der Waals surface area (Å²) in [6.07, 6.45) is 5.27. The fourth-order valence-corrected chi connectivity index (χ4v) is 2.40. The van der Waals surface area contributed by atoms with Crippen LogP contribution >= 0.6 is 15.9 Å². The SMILES string of the molecule is CCCCCC(C)(C)CNCc1cccc(Br)n1. The van der Waals surface area contributed by atoms with E-state index in [9.17, 15) is 0 Å². The molecule has 1 heterocycles. The first-order valence-corrected chi connectivity index (χ1v) is 7.65. The van der Waals surface area contributed by atoms with Gasteiger partial charge in [-0.05, 0) is 39.9 Å². The molecule has 0 atom stereocenters. The maximum Gasteiger partial charge on any atom is 0.106 e. The van der Waals surface area contributed by atoms with Crippen molar-refractivity contribution in [1.82, 2.24) is 10.3 Å². The van der Waals surface area contributed by atoms with Crippen LogP contribution < -0.4 is 5.32 Å². The molecule has 0 saturated carbocycles. The summed E-state index contributed by atoms with van der Waals surface area (Å²) in [5, 5.41) is 3.51. The minimum absolute atomic E-state index is 0.376. The van der Waals surface area contributed by atoms with E-state index in [-0.39, 0.29) is 0 Å².